The van der Waals surface area contributed by atoms with Crippen LogP contribution in [0.1, 0.15) is 36.4 Å². The molecule has 1 heterocycles. The third kappa shape index (κ3) is 5.73. The number of aromatic nitrogens is 2. The van der Waals surface area contributed by atoms with Crippen LogP contribution in [0.3, 0.4) is 0 Å². The van der Waals surface area contributed by atoms with Crippen molar-refractivity contribution in [2.45, 2.75) is 46.7 Å². The molecule has 2 rings (SSSR count). The van der Waals surface area contributed by atoms with Crippen LogP contribution in [0.15, 0.2) is 27.7 Å². The van der Waals surface area contributed by atoms with Crippen LogP contribution in [-0.4, -0.2) is 35.4 Å². The molecule has 2 N–H and O–H groups in total. The first-order valence-electron chi connectivity index (χ1n) is 9.22. The Hall–Kier alpha value is -2.02. The molecule has 1 aromatic heterocycles. The van der Waals surface area contributed by atoms with Gasteiger partial charge in [0.1, 0.15) is 5.75 Å². The van der Waals surface area contributed by atoms with E-state index in [1.165, 1.54) is 11.3 Å². The van der Waals surface area contributed by atoms with Crippen molar-refractivity contribution in [1.82, 2.24) is 20.4 Å². The van der Waals surface area contributed by atoms with Crippen molar-refractivity contribution < 1.29 is 4.74 Å². The highest BCUT2D eigenvalue weighted by Crippen LogP contribution is 2.25. The molecule has 1 atom stereocenters. The Morgan fingerprint density at radius 1 is 1.37 bits per heavy atom. The SMILES string of the molecule is CCNC(=NCc1ccc(OC)c(Br)c1)NC(C)Cc1c(C)nn(C)c1C. The van der Waals surface area contributed by atoms with Gasteiger partial charge in [0.05, 0.1) is 23.8 Å². The number of nitrogens with zero attached hydrogens (tertiary/aromatic N) is 3. The van der Waals surface area contributed by atoms with Gasteiger partial charge < -0.3 is 15.4 Å². The van der Waals surface area contributed by atoms with Gasteiger partial charge in [-0.1, -0.05) is 6.07 Å². The lowest BCUT2D eigenvalue weighted by Crippen LogP contribution is -2.43. The molecule has 2 aromatic rings. The first-order valence-corrected chi connectivity index (χ1v) is 10.0. The summed E-state index contributed by atoms with van der Waals surface area (Å²) in [5.74, 6) is 1.64. The van der Waals surface area contributed by atoms with Crippen LogP contribution in [0.25, 0.3) is 0 Å². The lowest BCUT2D eigenvalue weighted by molar-refractivity contribution is 0.412. The standard InChI is InChI=1S/C20H30BrN5O/c1-7-22-20(23-12-16-8-9-19(27-6)18(21)11-16)24-13(2)10-17-14(3)25-26(5)15(17)4/h8-9,11,13H,7,10,12H2,1-6H3,(H2,22,23,24). The van der Waals surface area contributed by atoms with Gasteiger partial charge in [-0.05, 0) is 73.3 Å². The molecule has 0 spiro atoms. The third-order valence-corrected chi connectivity index (χ3v) is 5.15. The largest absolute Gasteiger partial charge is 0.496 e. The summed E-state index contributed by atoms with van der Waals surface area (Å²) < 4.78 is 8.16. The molecule has 0 radical (unpaired) electrons. The number of benzene rings is 1. The van der Waals surface area contributed by atoms with E-state index in [-0.39, 0.29) is 6.04 Å². The first-order chi connectivity index (χ1) is 12.8. The molecule has 0 aliphatic heterocycles. The van der Waals surface area contributed by atoms with Gasteiger partial charge >= 0.3 is 0 Å². The van der Waals surface area contributed by atoms with E-state index >= 15 is 0 Å². The average Bonchev–Trinajstić information content (AvgIpc) is 2.86. The second-order valence-electron chi connectivity index (χ2n) is 6.69. The second-order valence-corrected chi connectivity index (χ2v) is 7.54. The Morgan fingerprint density at radius 2 is 2.11 bits per heavy atom. The summed E-state index contributed by atoms with van der Waals surface area (Å²) in [7, 11) is 3.65. The quantitative estimate of drug-likeness (QED) is 0.515. The molecule has 0 fully saturated rings. The highest BCUT2D eigenvalue weighted by Gasteiger charge is 2.14. The molecule has 0 aliphatic carbocycles. The normalized spacial score (nSPS) is 12.8. The van der Waals surface area contributed by atoms with Gasteiger partial charge in [-0.3, -0.25) is 4.68 Å². The Kier molecular flexibility index (Phi) is 7.71. The monoisotopic (exact) mass is 435 g/mol. The maximum atomic E-state index is 5.28. The van der Waals surface area contributed by atoms with Crippen LogP contribution in [-0.2, 0) is 20.0 Å². The van der Waals surface area contributed by atoms with Crippen molar-refractivity contribution >= 4 is 21.9 Å². The molecular formula is C20H30BrN5O. The Balaban J connectivity index is 2.05. The number of hydrogen-bond donors (Lipinski definition) is 2. The van der Waals surface area contributed by atoms with E-state index in [1.807, 2.05) is 29.9 Å². The zero-order valence-corrected chi connectivity index (χ0v) is 18.6. The molecule has 0 amide bonds. The predicted molar refractivity (Wildman–Crippen MR) is 114 cm³/mol. The fourth-order valence-electron chi connectivity index (χ4n) is 3.00. The van der Waals surface area contributed by atoms with Crippen LogP contribution in [0.5, 0.6) is 5.75 Å². The number of halogens is 1. The van der Waals surface area contributed by atoms with Gasteiger partial charge in [0.25, 0.3) is 0 Å². The van der Waals surface area contributed by atoms with E-state index in [0.29, 0.717) is 6.54 Å². The van der Waals surface area contributed by atoms with Crippen LogP contribution < -0.4 is 15.4 Å². The van der Waals surface area contributed by atoms with Crippen molar-refractivity contribution in [2.75, 3.05) is 13.7 Å². The minimum Gasteiger partial charge on any atom is -0.496 e. The summed E-state index contributed by atoms with van der Waals surface area (Å²) in [6.45, 7) is 9.83. The number of aliphatic imine (C=N–C) groups is 1. The van der Waals surface area contributed by atoms with E-state index in [4.69, 9.17) is 9.73 Å². The molecule has 1 aromatic carbocycles. The van der Waals surface area contributed by atoms with Gasteiger partial charge in [0, 0.05) is 25.3 Å². The van der Waals surface area contributed by atoms with E-state index in [1.54, 1.807) is 7.11 Å². The molecule has 0 saturated heterocycles. The number of aryl methyl sites for hydroxylation is 2. The fraction of sp³-hybridized carbons (Fsp3) is 0.500. The maximum absolute atomic E-state index is 5.28. The van der Waals surface area contributed by atoms with Crippen LogP contribution in [0.4, 0.5) is 0 Å². The second kappa shape index (κ2) is 9.78. The summed E-state index contributed by atoms with van der Waals surface area (Å²) in [5.41, 5.74) is 4.72. The number of nitrogens with one attached hydrogen (secondary N) is 2. The van der Waals surface area contributed by atoms with E-state index in [0.717, 1.165) is 40.4 Å². The van der Waals surface area contributed by atoms with Crippen LogP contribution >= 0.6 is 15.9 Å². The van der Waals surface area contributed by atoms with Crippen molar-refractivity contribution in [2.24, 2.45) is 12.0 Å². The van der Waals surface area contributed by atoms with Crippen molar-refractivity contribution in [3.05, 3.63) is 45.2 Å². The number of ether oxygens (including phenoxy) is 1. The summed E-state index contributed by atoms with van der Waals surface area (Å²) >= 11 is 3.53. The number of guanidine groups is 1. The molecular weight excluding hydrogens is 406 g/mol. The van der Waals surface area contributed by atoms with Crippen molar-refractivity contribution in [1.29, 1.82) is 0 Å². The van der Waals surface area contributed by atoms with Gasteiger partial charge in [-0.25, -0.2) is 4.99 Å². The Morgan fingerprint density at radius 3 is 2.67 bits per heavy atom. The van der Waals surface area contributed by atoms with Crippen LogP contribution in [0.2, 0.25) is 0 Å². The third-order valence-electron chi connectivity index (χ3n) is 4.53. The van der Waals surface area contributed by atoms with E-state index < -0.39 is 0 Å². The van der Waals surface area contributed by atoms with Gasteiger partial charge in [-0.2, -0.15) is 5.10 Å². The lowest BCUT2D eigenvalue weighted by atomic mass is 10.1. The number of rotatable bonds is 7. The molecule has 1 unspecified atom stereocenters. The predicted octanol–water partition coefficient (Wildman–Crippen LogP) is 3.49. The number of methoxy groups -OCH3 is 1. The summed E-state index contributed by atoms with van der Waals surface area (Å²) in [5, 5.41) is 11.3. The Bertz CT molecular complexity index is 800. The zero-order chi connectivity index (χ0) is 20.0. The number of hydrogen-bond acceptors (Lipinski definition) is 3. The summed E-state index contributed by atoms with van der Waals surface area (Å²) in [6, 6.07) is 6.26. The zero-order valence-electron chi connectivity index (χ0n) is 17.1. The molecule has 0 bridgehead atoms. The van der Waals surface area contributed by atoms with Gasteiger partial charge in [0.15, 0.2) is 5.96 Å². The van der Waals surface area contributed by atoms with Crippen LogP contribution in [0, 0.1) is 13.8 Å². The first kappa shape index (κ1) is 21.3. The van der Waals surface area contributed by atoms with Crippen molar-refractivity contribution in [3.63, 3.8) is 0 Å². The Labute approximate surface area is 170 Å². The molecule has 0 saturated carbocycles. The van der Waals surface area contributed by atoms with E-state index in [9.17, 15) is 0 Å². The average molecular weight is 436 g/mol. The smallest absolute Gasteiger partial charge is 0.191 e. The van der Waals surface area contributed by atoms with Gasteiger partial charge in [-0.15, -0.1) is 0 Å². The molecule has 6 nitrogen and oxygen atoms in total. The minimum absolute atomic E-state index is 0.243. The van der Waals surface area contributed by atoms with Gasteiger partial charge in [0.2, 0.25) is 0 Å². The fourth-order valence-corrected chi connectivity index (χ4v) is 3.59. The molecule has 0 aliphatic rings. The topological polar surface area (TPSA) is 63.5 Å². The van der Waals surface area contributed by atoms with E-state index in [2.05, 4.69) is 59.4 Å². The maximum Gasteiger partial charge on any atom is 0.191 e. The summed E-state index contributed by atoms with van der Waals surface area (Å²) in [4.78, 5) is 4.72. The molecule has 27 heavy (non-hydrogen) atoms. The molecule has 148 valence electrons. The minimum atomic E-state index is 0.243. The summed E-state index contributed by atoms with van der Waals surface area (Å²) in [6.07, 6.45) is 0.907. The lowest BCUT2D eigenvalue weighted by Gasteiger charge is -2.18. The highest BCUT2D eigenvalue weighted by molar-refractivity contribution is 9.10. The van der Waals surface area contributed by atoms with Crippen molar-refractivity contribution in [3.8, 4) is 5.75 Å². The molecule has 7 heteroatoms. The highest BCUT2D eigenvalue weighted by atomic mass is 79.9.